The molecule has 2 rings (SSSR count). The van der Waals surface area contributed by atoms with Gasteiger partial charge in [-0.2, -0.15) is 0 Å². The molecule has 2 aromatic rings. The van der Waals surface area contributed by atoms with Crippen LogP contribution in [0.1, 0.15) is 36.8 Å². The number of nitrogens with one attached hydrogen (secondary N) is 1. The Kier molecular flexibility index (Phi) is 6.90. The molecule has 0 aliphatic heterocycles. The second-order valence-corrected chi connectivity index (χ2v) is 8.39. The van der Waals surface area contributed by atoms with Crippen LogP contribution in [-0.2, 0) is 14.3 Å². The Labute approximate surface area is 168 Å². The molecule has 0 spiro atoms. The molecule has 1 N–H and O–H groups in total. The first-order valence-corrected chi connectivity index (χ1v) is 9.68. The number of aryl methyl sites for hydroxylation is 1. The fraction of sp³-hybridized carbons (Fsp3) is 0.400. The third kappa shape index (κ3) is 6.45. The molecule has 8 heteroatoms. The van der Waals surface area contributed by atoms with Crippen molar-refractivity contribution in [3.8, 4) is 10.6 Å². The maximum atomic E-state index is 12.2. The Morgan fingerprint density at radius 1 is 1.18 bits per heavy atom. The van der Waals surface area contributed by atoms with Gasteiger partial charge in [0.25, 0.3) is 5.91 Å². The molecule has 0 unspecified atom stereocenters. The summed E-state index contributed by atoms with van der Waals surface area (Å²) < 4.78 is 5.04. The number of aromatic nitrogens is 1. The second kappa shape index (κ2) is 8.97. The van der Waals surface area contributed by atoms with E-state index in [0.717, 1.165) is 11.1 Å². The van der Waals surface area contributed by atoms with Gasteiger partial charge in [-0.25, -0.2) is 9.78 Å². The summed E-state index contributed by atoms with van der Waals surface area (Å²) in [5, 5.41) is 5.07. The third-order valence-electron chi connectivity index (χ3n) is 3.66. The molecule has 0 atom stereocenters. The number of carbonyl (C=O) groups is 3. The van der Waals surface area contributed by atoms with Crippen molar-refractivity contribution < 1.29 is 19.1 Å². The van der Waals surface area contributed by atoms with Gasteiger partial charge in [0.2, 0.25) is 5.91 Å². The zero-order valence-corrected chi connectivity index (χ0v) is 17.6. The van der Waals surface area contributed by atoms with E-state index in [1.807, 2.05) is 52.0 Å². The molecule has 0 aliphatic carbocycles. The molecule has 0 aliphatic rings. The van der Waals surface area contributed by atoms with Gasteiger partial charge in [-0.3, -0.25) is 9.59 Å². The number of hydrogen-bond donors (Lipinski definition) is 1. The summed E-state index contributed by atoms with van der Waals surface area (Å²) in [6, 6.07) is 7.81. The number of amides is 2. The van der Waals surface area contributed by atoms with Gasteiger partial charge in [-0.05, 0) is 27.7 Å². The van der Waals surface area contributed by atoms with Gasteiger partial charge in [-0.15, -0.1) is 11.3 Å². The summed E-state index contributed by atoms with van der Waals surface area (Å²) >= 11 is 1.33. The molecule has 28 heavy (non-hydrogen) atoms. The predicted octanol–water partition coefficient (Wildman–Crippen LogP) is 2.65. The van der Waals surface area contributed by atoms with Gasteiger partial charge in [0, 0.05) is 23.5 Å². The second-order valence-electron chi connectivity index (χ2n) is 7.53. The molecule has 0 saturated heterocycles. The van der Waals surface area contributed by atoms with Crippen molar-refractivity contribution in [3.05, 3.63) is 40.9 Å². The fourth-order valence-electron chi connectivity index (χ4n) is 2.27. The van der Waals surface area contributed by atoms with Crippen LogP contribution in [0.3, 0.4) is 0 Å². The third-order valence-corrected chi connectivity index (χ3v) is 4.55. The molecule has 1 aromatic carbocycles. The minimum absolute atomic E-state index is 0.109. The Morgan fingerprint density at radius 3 is 2.43 bits per heavy atom. The maximum absolute atomic E-state index is 12.2. The van der Waals surface area contributed by atoms with E-state index in [0.29, 0.717) is 5.01 Å². The smallest absolute Gasteiger partial charge is 0.358 e. The van der Waals surface area contributed by atoms with Gasteiger partial charge in [0.1, 0.15) is 5.01 Å². The molecule has 0 radical (unpaired) electrons. The molecule has 1 aromatic heterocycles. The first-order valence-electron chi connectivity index (χ1n) is 8.80. The lowest BCUT2D eigenvalue weighted by molar-refractivity contribution is -0.137. The number of rotatable bonds is 6. The maximum Gasteiger partial charge on any atom is 0.358 e. The molecule has 0 saturated carbocycles. The van der Waals surface area contributed by atoms with Crippen molar-refractivity contribution in [2.24, 2.45) is 0 Å². The van der Waals surface area contributed by atoms with Crippen LogP contribution < -0.4 is 5.32 Å². The van der Waals surface area contributed by atoms with Crippen LogP contribution in [0.5, 0.6) is 0 Å². The lowest BCUT2D eigenvalue weighted by Gasteiger charge is -2.23. The van der Waals surface area contributed by atoms with E-state index in [1.54, 1.807) is 5.38 Å². The number of benzene rings is 1. The zero-order valence-electron chi connectivity index (χ0n) is 16.7. The Bertz CT molecular complexity index is 853. The van der Waals surface area contributed by atoms with Crippen molar-refractivity contribution in [1.82, 2.24) is 15.2 Å². The number of esters is 1. The molecule has 1 heterocycles. The van der Waals surface area contributed by atoms with Crippen LogP contribution >= 0.6 is 11.3 Å². The molecule has 2 amide bonds. The van der Waals surface area contributed by atoms with Gasteiger partial charge in [0.15, 0.2) is 12.3 Å². The molecular weight excluding hydrogens is 378 g/mol. The average molecular weight is 404 g/mol. The number of carbonyl (C=O) groups excluding carboxylic acids is 3. The van der Waals surface area contributed by atoms with E-state index >= 15 is 0 Å². The monoisotopic (exact) mass is 403 g/mol. The lowest BCUT2D eigenvalue weighted by Crippen LogP contribution is -2.46. The first kappa shape index (κ1) is 21.6. The highest BCUT2D eigenvalue weighted by Gasteiger charge is 2.20. The number of hydrogen-bond acceptors (Lipinski definition) is 6. The van der Waals surface area contributed by atoms with E-state index in [9.17, 15) is 14.4 Å². The average Bonchev–Trinajstić information content (AvgIpc) is 3.08. The van der Waals surface area contributed by atoms with E-state index in [-0.39, 0.29) is 23.7 Å². The van der Waals surface area contributed by atoms with E-state index in [2.05, 4.69) is 10.3 Å². The van der Waals surface area contributed by atoms with Crippen LogP contribution in [0.2, 0.25) is 0 Å². The van der Waals surface area contributed by atoms with Gasteiger partial charge in [-0.1, -0.05) is 29.8 Å². The van der Waals surface area contributed by atoms with Crippen LogP contribution in [0, 0.1) is 6.92 Å². The standard InChI is InChI=1S/C20H25N3O4S/c1-13-6-8-14(9-7-13)18-21-15(12-28-18)19(26)27-11-17(25)23(5)10-16(24)22-20(2,3)4/h6-9,12H,10-11H2,1-5H3,(H,22,24). The van der Waals surface area contributed by atoms with E-state index in [4.69, 9.17) is 4.74 Å². The van der Waals surface area contributed by atoms with Crippen LogP contribution in [-0.4, -0.2) is 53.4 Å². The van der Waals surface area contributed by atoms with Crippen LogP contribution in [0.4, 0.5) is 0 Å². The number of nitrogens with zero attached hydrogens (tertiary/aromatic N) is 2. The predicted molar refractivity (Wildman–Crippen MR) is 108 cm³/mol. The van der Waals surface area contributed by atoms with Gasteiger partial charge < -0.3 is 15.0 Å². The highest BCUT2D eigenvalue weighted by Crippen LogP contribution is 2.24. The molecular formula is C20H25N3O4S. The summed E-state index contributed by atoms with van der Waals surface area (Å²) in [5.74, 6) is -1.42. The van der Waals surface area contributed by atoms with Crippen LogP contribution in [0.25, 0.3) is 10.6 Å². The largest absolute Gasteiger partial charge is 0.451 e. The van der Waals surface area contributed by atoms with E-state index < -0.39 is 18.5 Å². The van der Waals surface area contributed by atoms with Crippen molar-refractivity contribution in [1.29, 1.82) is 0 Å². The lowest BCUT2D eigenvalue weighted by atomic mass is 10.1. The number of ether oxygens (including phenoxy) is 1. The van der Waals surface area contributed by atoms with Gasteiger partial charge in [0.05, 0.1) is 6.54 Å². The zero-order chi connectivity index (χ0) is 20.9. The van der Waals surface area contributed by atoms with E-state index in [1.165, 1.54) is 23.3 Å². The van der Waals surface area contributed by atoms with Crippen molar-refractivity contribution in [3.63, 3.8) is 0 Å². The molecule has 150 valence electrons. The fourth-order valence-corrected chi connectivity index (χ4v) is 3.06. The van der Waals surface area contributed by atoms with Crippen LogP contribution in [0.15, 0.2) is 29.6 Å². The summed E-state index contributed by atoms with van der Waals surface area (Å²) in [6.45, 7) is 7.00. The summed E-state index contributed by atoms with van der Waals surface area (Å²) in [6.07, 6.45) is 0. The van der Waals surface area contributed by atoms with Crippen molar-refractivity contribution in [2.45, 2.75) is 33.2 Å². The van der Waals surface area contributed by atoms with Crippen molar-refractivity contribution >= 4 is 29.1 Å². The summed E-state index contributed by atoms with van der Waals surface area (Å²) in [7, 11) is 1.48. The topological polar surface area (TPSA) is 88.6 Å². The SMILES string of the molecule is Cc1ccc(-c2nc(C(=O)OCC(=O)N(C)CC(=O)NC(C)(C)C)cs2)cc1. The first-order chi connectivity index (χ1) is 13.0. The molecule has 0 fully saturated rings. The molecule has 7 nitrogen and oxygen atoms in total. The minimum Gasteiger partial charge on any atom is -0.451 e. The number of likely N-dealkylation sites (N-methyl/N-ethyl adjacent to an activating group) is 1. The molecule has 0 bridgehead atoms. The van der Waals surface area contributed by atoms with Gasteiger partial charge >= 0.3 is 5.97 Å². The quantitative estimate of drug-likeness (QED) is 0.749. The highest BCUT2D eigenvalue weighted by atomic mass is 32.1. The normalized spacial score (nSPS) is 11.0. The summed E-state index contributed by atoms with van der Waals surface area (Å²) in [4.78, 5) is 41.6. The Morgan fingerprint density at radius 2 is 1.82 bits per heavy atom. The highest BCUT2D eigenvalue weighted by molar-refractivity contribution is 7.13. The Hall–Kier alpha value is -2.74. The number of thiazole rings is 1. The Balaban J connectivity index is 1.87. The minimum atomic E-state index is -0.671. The summed E-state index contributed by atoms with van der Waals surface area (Å²) in [5.41, 5.74) is 1.82. The van der Waals surface area contributed by atoms with Crippen molar-refractivity contribution in [2.75, 3.05) is 20.2 Å².